The van der Waals surface area contributed by atoms with Gasteiger partial charge in [0.05, 0.1) is 18.1 Å². The third-order valence-corrected chi connectivity index (χ3v) is 7.03. The van der Waals surface area contributed by atoms with Crippen LogP contribution in [0.5, 0.6) is 5.75 Å². The third-order valence-electron chi connectivity index (χ3n) is 3.97. The van der Waals surface area contributed by atoms with Gasteiger partial charge in [0.15, 0.2) is 4.77 Å². The van der Waals surface area contributed by atoms with Crippen molar-refractivity contribution in [1.82, 2.24) is 9.55 Å². The molecule has 0 saturated carbocycles. The number of thioether (sulfide) groups is 2. The Hall–Kier alpha value is -1.54. The smallest absolute Gasteiger partial charge is 0.182 e. The number of rotatable bonds is 3. The topological polar surface area (TPSA) is 29.9 Å². The number of thiocarbonyl (C=S) groups is 1. The summed E-state index contributed by atoms with van der Waals surface area (Å²) in [5.74, 6) is 0.844. The van der Waals surface area contributed by atoms with E-state index < -0.39 is 0 Å². The van der Waals surface area contributed by atoms with Crippen molar-refractivity contribution >= 4 is 51.5 Å². The molecule has 1 N–H and O–H groups in total. The maximum absolute atomic E-state index is 5.61. The van der Waals surface area contributed by atoms with E-state index in [1.807, 2.05) is 30.3 Å². The molecule has 0 fully saturated rings. The average Bonchev–Trinajstić information content (AvgIpc) is 2.97. The molecule has 1 aromatic heterocycles. The molecule has 126 valence electrons. The molecule has 2 heterocycles. The Bertz CT molecular complexity index is 977. The van der Waals surface area contributed by atoms with Crippen molar-refractivity contribution in [3.8, 4) is 11.4 Å². The summed E-state index contributed by atoms with van der Waals surface area (Å²) in [6, 6.07) is 18.2. The molecule has 0 bridgehead atoms. The van der Waals surface area contributed by atoms with E-state index in [0.29, 0.717) is 4.77 Å². The van der Waals surface area contributed by atoms with Crippen LogP contribution in [0.1, 0.15) is 16.5 Å². The van der Waals surface area contributed by atoms with Crippen LogP contribution in [0.25, 0.3) is 5.69 Å². The highest BCUT2D eigenvalue weighted by molar-refractivity contribution is 8.47. The molecule has 1 aliphatic rings. The standard InChI is InChI=1S/C18H14N2OS4/c1-21-13-9-7-11(8-10-13)15-14-16(25-18(23)24-15)20(17(22)19-14)12-5-3-2-4-6-12/h2-10,15H,1H3,(H,19,22). The summed E-state index contributed by atoms with van der Waals surface area (Å²) in [4.78, 5) is 3.41. The highest BCUT2D eigenvalue weighted by atomic mass is 32.2. The lowest BCUT2D eigenvalue weighted by Crippen LogP contribution is -2.08. The minimum absolute atomic E-state index is 0.0984. The Morgan fingerprint density at radius 3 is 2.44 bits per heavy atom. The number of hydrogen-bond acceptors (Lipinski definition) is 5. The normalized spacial score (nSPS) is 16.5. The first-order valence-corrected chi connectivity index (χ1v) is 10.1. The van der Waals surface area contributed by atoms with Gasteiger partial charge in [-0.1, -0.05) is 66.1 Å². The van der Waals surface area contributed by atoms with Crippen LogP contribution in [-0.4, -0.2) is 20.2 Å². The minimum Gasteiger partial charge on any atom is -0.497 e. The van der Waals surface area contributed by atoms with Crippen molar-refractivity contribution in [2.45, 2.75) is 10.3 Å². The SMILES string of the molecule is COc1ccc(C2SC(=S)Sc3c2[nH]c(=S)n3-c2ccccc2)cc1. The Balaban J connectivity index is 1.84. The van der Waals surface area contributed by atoms with Crippen LogP contribution >= 0.6 is 48.0 Å². The zero-order chi connectivity index (χ0) is 17.4. The van der Waals surface area contributed by atoms with Gasteiger partial charge in [-0.05, 0) is 42.0 Å². The van der Waals surface area contributed by atoms with Gasteiger partial charge < -0.3 is 9.72 Å². The van der Waals surface area contributed by atoms with Crippen LogP contribution < -0.4 is 4.74 Å². The minimum atomic E-state index is 0.0984. The zero-order valence-electron chi connectivity index (χ0n) is 13.3. The van der Waals surface area contributed by atoms with Crippen molar-refractivity contribution < 1.29 is 4.74 Å². The maximum atomic E-state index is 5.61. The van der Waals surface area contributed by atoms with Crippen LogP contribution in [-0.2, 0) is 0 Å². The molecule has 7 heteroatoms. The first kappa shape index (κ1) is 16.9. The number of imidazole rings is 1. The van der Waals surface area contributed by atoms with Gasteiger partial charge in [-0.3, -0.25) is 4.57 Å². The fraction of sp³-hybridized carbons (Fsp3) is 0.111. The molecule has 0 aliphatic carbocycles. The van der Waals surface area contributed by atoms with E-state index in [4.69, 9.17) is 29.2 Å². The molecule has 25 heavy (non-hydrogen) atoms. The van der Waals surface area contributed by atoms with Crippen LogP contribution in [0, 0.1) is 4.77 Å². The summed E-state index contributed by atoms with van der Waals surface area (Å²) in [6.45, 7) is 0. The van der Waals surface area contributed by atoms with Gasteiger partial charge in [-0.15, -0.1) is 0 Å². The largest absolute Gasteiger partial charge is 0.497 e. The molecule has 3 nitrogen and oxygen atoms in total. The van der Waals surface area contributed by atoms with Gasteiger partial charge in [-0.25, -0.2) is 0 Å². The number of methoxy groups -OCH3 is 1. The lowest BCUT2D eigenvalue weighted by atomic mass is 10.1. The molecule has 0 radical (unpaired) electrons. The fourth-order valence-corrected chi connectivity index (χ4v) is 5.98. The zero-order valence-corrected chi connectivity index (χ0v) is 16.5. The van der Waals surface area contributed by atoms with Crippen LogP contribution in [0.4, 0.5) is 0 Å². The maximum Gasteiger partial charge on any atom is 0.182 e. The Morgan fingerprint density at radius 1 is 1.04 bits per heavy atom. The second-order valence-electron chi connectivity index (χ2n) is 5.44. The quantitative estimate of drug-likeness (QED) is 0.563. The lowest BCUT2D eigenvalue weighted by molar-refractivity contribution is 0.414. The Morgan fingerprint density at radius 2 is 1.76 bits per heavy atom. The van der Waals surface area contributed by atoms with E-state index in [1.54, 1.807) is 30.6 Å². The number of nitrogens with zero attached hydrogens (tertiary/aromatic N) is 1. The molecule has 0 amide bonds. The van der Waals surface area contributed by atoms with Gasteiger partial charge in [0.1, 0.15) is 14.3 Å². The molecular weight excluding hydrogens is 388 g/mol. The first-order chi connectivity index (χ1) is 12.2. The van der Waals surface area contributed by atoms with Gasteiger partial charge in [-0.2, -0.15) is 0 Å². The molecular formula is C18H14N2OS4. The summed E-state index contributed by atoms with van der Waals surface area (Å²) < 4.78 is 8.91. The van der Waals surface area contributed by atoms with E-state index in [-0.39, 0.29) is 5.25 Å². The van der Waals surface area contributed by atoms with Crippen molar-refractivity contribution in [3.05, 3.63) is 70.6 Å². The number of benzene rings is 2. The number of aromatic nitrogens is 2. The Kier molecular flexibility index (Phi) is 4.73. The molecule has 1 unspecified atom stereocenters. The summed E-state index contributed by atoms with van der Waals surface area (Å²) in [5, 5.41) is 1.17. The molecule has 3 aromatic rings. The van der Waals surface area contributed by atoms with Gasteiger partial charge in [0.25, 0.3) is 0 Å². The Labute approximate surface area is 164 Å². The van der Waals surface area contributed by atoms with Gasteiger partial charge >= 0.3 is 0 Å². The monoisotopic (exact) mass is 402 g/mol. The predicted octanol–water partition coefficient (Wildman–Crippen LogP) is 5.76. The number of aromatic amines is 1. The van der Waals surface area contributed by atoms with E-state index in [1.165, 1.54) is 5.56 Å². The van der Waals surface area contributed by atoms with Crippen molar-refractivity contribution in [3.63, 3.8) is 0 Å². The number of H-pyrrole nitrogens is 1. The highest BCUT2D eigenvalue weighted by Crippen LogP contribution is 2.49. The fourth-order valence-electron chi connectivity index (χ4n) is 2.80. The number of ether oxygens (including phenoxy) is 1. The molecule has 1 atom stereocenters. The summed E-state index contributed by atoms with van der Waals surface area (Å²) in [6.07, 6.45) is 0. The van der Waals surface area contributed by atoms with Gasteiger partial charge in [0.2, 0.25) is 0 Å². The molecule has 2 aromatic carbocycles. The highest BCUT2D eigenvalue weighted by Gasteiger charge is 2.31. The number of hydrogen-bond donors (Lipinski definition) is 1. The molecule has 4 rings (SSSR count). The summed E-state index contributed by atoms with van der Waals surface area (Å²) in [7, 11) is 1.67. The van der Waals surface area contributed by atoms with Crippen molar-refractivity contribution in [1.29, 1.82) is 0 Å². The average molecular weight is 403 g/mol. The second kappa shape index (κ2) is 6.99. The number of para-hydroxylation sites is 1. The van der Waals surface area contributed by atoms with E-state index >= 15 is 0 Å². The van der Waals surface area contributed by atoms with Gasteiger partial charge in [0, 0.05) is 5.69 Å². The van der Waals surface area contributed by atoms with E-state index in [9.17, 15) is 0 Å². The van der Waals surface area contributed by atoms with Crippen LogP contribution in [0.2, 0.25) is 0 Å². The molecule has 0 spiro atoms. The van der Waals surface area contributed by atoms with Crippen LogP contribution in [0.3, 0.4) is 0 Å². The predicted molar refractivity (Wildman–Crippen MR) is 112 cm³/mol. The lowest BCUT2D eigenvalue weighted by Gasteiger charge is -2.23. The van der Waals surface area contributed by atoms with E-state index in [2.05, 4.69) is 33.8 Å². The molecule has 1 aliphatic heterocycles. The number of nitrogens with one attached hydrogen (secondary N) is 1. The summed E-state index contributed by atoms with van der Waals surface area (Å²) >= 11 is 14.4. The number of fused-ring (bicyclic) bond motifs is 1. The van der Waals surface area contributed by atoms with E-state index in [0.717, 1.165) is 25.7 Å². The van der Waals surface area contributed by atoms with Crippen molar-refractivity contribution in [2.75, 3.05) is 7.11 Å². The first-order valence-electron chi connectivity index (χ1n) is 7.60. The van der Waals surface area contributed by atoms with Crippen molar-refractivity contribution in [2.24, 2.45) is 0 Å². The summed E-state index contributed by atoms with van der Waals surface area (Å²) in [5.41, 5.74) is 3.31. The van der Waals surface area contributed by atoms with Crippen LogP contribution in [0.15, 0.2) is 59.6 Å². The third kappa shape index (κ3) is 3.17. The second-order valence-corrected chi connectivity index (χ2v) is 9.13. The molecule has 0 saturated heterocycles.